The number of fused-ring (bicyclic) bond motifs is 3. The summed E-state index contributed by atoms with van der Waals surface area (Å²) < 4.78 is 7.01. The van der Waals surface area contributed by atoms with Crippen LogP contribution in [0.4, 0.5) is 11.6 Å². The van der Waals surface area contributed by atoms with Gasteiger partial charge in [-0.1, -0.05) is 12.1 Å². The molecule has 6 nitrogen and oxygen atoms in total. The van der Waals surface area contributed by atoms with Crippen molar-refractivity contribution in [3.63, 3.8) is 0 Å². The second-order valence-corrected chi connectivity index (χ2v) is 4.83. The Balaban J connectivity index is 1.83. The lowest BCUT2D eigenvalue weighted by molar-refractivity contribution is 0.415. The number of nitrogens with one attached hydrogen (secondary N) is 1. The molecule has 4 rings (SSSR count). The number of ether oxygens (including phenoxy) is 1. The van der Waals surface area contributed by atoms with Gasteiger partial charge in [-0.25, -0.2) is 4.98 Å². The van der Waals surface area contributed by atoms with Crippen molar-refractivity contribution in [3.05, 3.63) is 54.9 Å². The molecule has 0 unspecified atom stereocenters. The summed E-state index contributed by atoms with van der Waals surface area (Å²) in [6, 6.07) is 15.5. The minimum atomic E-state index is 0.670. The number of anilines is 2. The standard InChI is InChI=1S/C16H13N5O/c1-22-12-8-6-11(7-9-12)18-16-19-14-5-3-2-4-13(14)15-20-17-10-21(15)16/h2-10H,1H3,(H,18,19). The Morgan fingerprint density at radius 1 is 1.05 bits per heavy atom. The van der Waals surface area contributed by atoms with Gasteiger partial charge in [-0.3, -0.25) is 4.40 Å². The van der Waals surface area contributed by atoms with Crippen molar-refractivity contribution in [2.75, 3.05) is 12.4 Å². The monoisotopic (exact) mass is 291 g/mol. The van der Waals surface area contributed by atoms with E-state index in [0.717, 1.165) is 28.0 Å². The number of benzene rings is 2. The van der Waals surface area contributed by atoms with Crippen molar-refractivity contribution in [2.24, 2.45) is 0 Å². The van der Waals surface area contributed by atoms with Gasteiger partial charge >= 0.3 is 0 Å². The lowest BCUT2D eigenvalue weighted by atomic mass is 10.2. The maximum Gasteiger partial charge on any atom is 0.215 e. The molecule has 6 heteroatoms. The zero-order valence-electron chi connectivity index (χ0n) is 11.9. The van der Waals surface area contributed by atoms with Crippen molar-refractivity contribution in [2.45, 2.75) is 0 Å². The van der Waals surface area contributed by atoms with E-state index >= 15 is 0 Å². The van der Waals surface area contributed by atoms with Crippen molar-refractivity contribution >= 4 is 28.2 Å². The van der Waals surface area contributed by atoms with E-state index in [4.69, 9.17) is 4.74 Å². The minimum absolute atomic E-state index is 0.670. The Hall–Kier alpha value is -3.15. The summed E-state index contributed by atoms with van der Waals surface area (Å²) in [5.74, 6) is 1.48. The van der Waals surface area contributed by atoms with Crippen LogP contribution in [0.25, 0.3) is 16.6 Å². The maximum atomic E-state index is 5.17. The number of aromatic nitrogens is 4. The summed E-state index contributed by atoms with van der Waals surface area (Å²) in [5, 5.41) is 12.4. The molecule has 0 radical (unpaired) electrons. The molecule has 2 aromatic heterocycles. The zero-order chi connectivity index (χ0) is 14.9. The second kappa shape index (κ2) is 5.00. The molecule has 2 aromatic carbocycles. The molecule has 0 atom stereocenters. The Morgan fingerprint density at radius 3 is 2.68 bits per heavy atom. The van der Waals surface area contributed by atoms with Gasteiger partial charge in [0.2, 0.25) is 5.95 Å². The molecule has 4 aromatic rings. The fraction of sp³-hybridized carbons (Fsp3) is 0.0625. The highest BCUT2D eigenvalue weighted by Crippen LogP contribution is 2.23. The Kier molecular flexibility index (Phi) is 2.86. The van der Waals surface area contributed by atoms with Gasteiger partial charge < -0.3 is 10.1 Å². The van der Waals surface area contributed by atoms with Crippen molar-refractivity contribution < 1.29 is 4.74 Å². The summed E-state index contributed by atoms with van der Waals surface area (Å²) in [6.07, 6.45) is 1.65. The van der Waals surface area contributed by atoms with Gasteiger partial charge in [0.15, 0.2) is 5.65 Å². The molecule has 0 saturated heterocycles. The molecule has 0 fully saturated rings. The molecule has 0 amide bonds. The summed E-state index contributed by atoms with van der Waals surface area (Å²) in [4.78, 5) is 4.65. The molecule has 0 aliphatic rings. The van der Waals surface area contributed by atoms with Crippen LogP contribution in [0.1, 0.15) is 0 Å². The normalized spacial score (nSPS) is 11.0. The number of hydrogen-bond acceptors (Lipinski definition) is 5. The van der Waals surface area contributed by atoms with E-state index in [-0.39, 0.29) is 0 Å². The van der Waals surface area contributed by atoms with Crippen molar-refractivity contribution in [1.29, 1.82) is 0 Å². The molecular formula is C16H13N5O. The van der Waals surface area contributed by atoms with Crippen LogP contribution >= 0.6 is 0 Å². The van der Waals surface area contributed by atoms with Crippen molar-refractivity contribution in [1.82, 2.24) is 19.6 Å². The molecule has 1 N–H and O–H groups in total. The zero-order valence-corrected chi connectivity index (χ0v) is 11.9. The van der Waals surface area contributed by atoms with Crippen LogP contribution in [0.3, 0.4) is 0 Å². The van der Waals surface area contributed by atoms with E-state index in [1.54, 1.807) is 13.4 Å². The van der Waals surface area contributed by atoms with Gasteiger partial charge in [0, 0.05) is 11.1 Å². The SMILES string of the molecule is COc1ccc(Nc2nc3ccccc3c3nncn23)cc1. The van der Waals surface area contributed by atoms with Gasteiger partial charge in [0.25, 0.3) is 0 Å². The molecule has 22 heavy (non-hydrogen) atoms. The van der Waals surface area contributed by atoms with Crippen LogP contribution in [-0.4, -0.2) is 26.7 Å². The number of rotatable bonds is 3. The van der Waals surface area contributed by atoms with E-state index < -0.39 is 0 Å². The third kappa shape index (κ3) is 2.01. The van der Waals surface area contributed by atoms with Gasteiger partial charge in [0.05, 0.1) is 12.6 Å². The smallest absolute Gasteiger partial charge is 0.215 e. The van der Waals surface area contributed by atoms with E-state index in [1.165, 1.54) is 0 Å². The molecule has 0 aliphatic carbocycles. The topological polar surface area (TPSA) is 64.3 Å². The average molecular weight is 291 g/mol. The highest BCUT2D eigenvalue weighted by atomic mass is 16.5. The minimum Gasteiger partial charge on any atom is -0.497 e. The Labute approximate surface area is 126 Å². The van der Waals surface area contributed by atoms with E-state index in [9.17, 15) is 0 Å². The fourth-order valence-electron chi connectivity index (χ4n) is 2.39. The summed E-state index contributed by atoms with van der Waals surface area (Å²) >= 11 is 0. The third-order valence-corrected chi connectivity index (χ3v) is 3.49. The number of para-hydroxylation sites is 1. The molecule has 108 valence electrons. The lowest BCUT2D eigenvalue weighted by Crippen LogP contribution is -2.02. The molecule has 2 heterocycles. The third-order valence-electron chi connectivity index (χ3n) is 3.49. The van der Waals surface area contributed by atoms with Crippen LogP contribution in [-0.2, 0) is 0 Å². The molecule has 0 bridgehead atoms. The van der Waals surface area contributed by atoms with Gasteiger partial charge in [-0.2, -0.15) is 0 Å². The fourth-order valence-corrected chi connectivity index (χ4v) is 2.39. The first kappa shape index (κ1) is 12.6. The van der Waals surface area contributed by atoms with E-state index in [2.05, 4.69) is 20.5 Å². The van der Waals surface area contributed by atoms with Crippen LogP contribution in [0.5, 0.6) is 5.75 Å². The summed E-state index contributed by atoms with van der Waals surface area (Å²) in [6.45, 7) is 0. The first-order chi connectivity index (χ1) is 10.8. The van der Waals surface area contributed by atoms with Crippen LogP contribution in [0.2, 0.25) is 0 Å². The Bertz CT molecular complexity index is 946. The van der Waals surface area contributed by atoms with Crippen LogP contribution < -0.4 is 10.1 Å². The molecule has 0 spiro atoms. The summed E-state index contributed by atoms with van der Waals surface area (Å²) in [7, 11) is 1.65. The molecular weight excluding hydrogens is 278 g/mol. The predicted octanol–water partition coefficient (Wildman–Crippen LogP) is 3.03. The maximum absolute atomic E-state index is 5.17. The predicted molar refractivity (Wildman–Crippen MR) is 84.6 cm³/mol. The van der Waals surface area contributed by atoms with Gasteiger partial charge in [-0.15, -0.1) is 10.2 Å². The average Bonchev–Trinajstić information content (AvgIpc) is 3.06. The lowest BCUT2D eigenvalue weighted by Gasteiger charge is -2.10. The quantitative estimate of drug-likeness (QED) is 0.628. The van der Waals surface area contributed by atoms with Crippen LogP contribution in [0.15, 0.2) is 54.9 Å². The highest BCUT2D eigenvalue weighted by molar-refractivity contribution is 5.92. The van der Waals surface area contributed by atoms with Crippen LogP contribution in [0, 0.1) is 0 Å². The highest BCUT2D eigenvalue weighted by Gasteiger charge is 2.09. The first-order valence-electron chi connectivity index (χ1n) is 6.85. The van der Waals surface area contributed by atoms with Crippen molar-refractivity contribution in [3.8, 4) is 5.75 Å². The van der Waals surface area contributed by atoms with Gasteiger partial charge in [0.1, 0.15) is 12.1 Å². The second-order valence-electron chi connectivity index (χ2n) is 4.83. The molecule has 0 saturated carbocycles. The van der Waals surface area contributed by atoms with Gasteiger partial charge in [-0.05, 0) is 36.4 Å². The largest absolute Gasteiger partial charge is 0.497 e. The number of methoxy groups -OCH3 is 1. The number of nitrogens with zero attached hydrogens (tertiary/aromatic N) is 4. The first-order valence-corrected chi connectivity index (χ1v) is 6.85. The van der Waals surface area contributed by atoms with E-state index in [1.807, 2.05) is 52.9 Å². The number of hydrogen-bond donors (Lipinski definition) is 1. The van der Waals surface area contributed by atoms with E-state index in [0.29, 0.717) is 5.95 Å². The Morgan fingerprint density at radius 2 is 1.86 bits per heavy atom. The molecule has 0 aliphatic heterocycles. The summed E-state index contributed by atoms with van der Waals surface area (Å²) in [5.41, 5.74) is 2.57.